The Labute approximate surface area is 182 Å². The largest absolute Gasteiger partial charge is 0.478 e. The van der Waals surface area contributed by atoms with Gasteiger partial charge in [-0.05, 0) is 38.3 Å². The van der Waals surface area contributed by atoms with Crippen molar-refractivity contribution in [3.05, 3.63) is 42.6 Å². The first-order valence-electron chi connectivity index (χ1n) is 10.6. The summed E-state index contributed by atoms with van der Waals surface area (Å²) in [6, 6.07) is 5.78. The predicted molar refractivity (Wildman–Crippen MR) is 122 cm³/mol. The van der Waals surface area contributed by atoms with Gasteiger partial charge in [-0.1, -0.05) is 19.6 Å². The summed E-state index contributed by atoms with van der Waals surface area (Å²) < 4.78 is 7.30. The first-order chi connectivity index (χ1) is 15.0. The molecule has 0 aliphatic carbocycles. The molecule has 0 atom stereocenters. The Kier molecular flexibility index (Phi) is 7.06. The molecule has 4 N–H and O–H groups in total. The van der Waals surface area contributed by atoms with Gasteiger partial charge in [-0.15, -0.1) is 0 Å². The van der Waals surface area contributed by atoms with Crippen LogP contribution in [0.3, 0.4) is 0 Å². The molecule has 0 saturated carbocycles. The third-order valence-corrected chi connectivity index (χ3v) is 5.69. The molecule has 0 spiro atoms. The Morgan fingerprint density at radius 2 is 2.10 bits per heavy atom. The summed E-state index contributed by atoms with van der Waals surface area (Å²) in [4.78, 5) is 23.3. The maximum atomic E-state index is 12.0. The maximum absolute atomic E-state index is 12.0. The van der Waals surface area contributed by atoms with Crippen LogP contribution in [0, 0.1) is 0 Å². The van der Waals surface area contributed by atoms with E-state index < -0.39 is 11.4 Å². The van der Waals surface area contributed by atoms with Gasteiger partial charge in [-0.2, -0.15) is 10.1 Å². The molecule has 1 aliphatic heterocycles. The number of aliphatic imine (C=N–C) groups is 1. The number of nitrogens with zero attached hydrogens (tertiary/aromatic N) is 5. The zero-order valence-corrected chi connectivity index (χ0v) is 18.3. The fraction of sp³-hybridized carbons (Fsp3) is 0.455. The summed E-state index contributed by atoms with van der Waals surface area (Å²) in [7, 11) is 0. The van der Waals surface area contributed by atoms with E-state index in [2.05, 4.69) is 26.6 Å². The molecule has 3 rings (SSSR count). The lowest BCUT2D eigenvalue weighted by Crippen LogP contribution is -2.51. The molecular weight excluding hydrogens is 394 g/mol. The zero-order chi connectivity index (χ0) is 22.4. The number of primary amides is 1. The van der Waals surface area contributed by atoms with Gasteiger partial charge in [-0.3, -0.25) is 9.48 Å². The number of anilines is 1. The second-order valence-corrected chi connectivity index (χ2v) is 7.52. The van der Waals surface area contributed by atoms with Gasteiger partial charge in [0.2, 0.25) is 5.88 Å². The number of carbonyl (C=O) groups excluding carboxylic acids is 1. The van der Waals surface area contributed by atoms with Crippen molar-refractivity contribution in [2.75, 3.05) is 31.1 Å². The number of amides is 1. The Morgan fingerprint density at radius 1 is 1.35 bits per heavy atom. The van der Waals surface area contributed by atoms with E-state index in [1.165, 1.54) is 0 Å². The van der Waals surface area contributed by atoms with E-state index in [1.54, 1.807) is 17.0 Å². The lowest BCUT2D eigenvalue weighted by Gasteiger charge is -2.41. The molecular formula is C22H31N7O2. The summed E-state index contributed by atoms with van der Waals surface area (Å²) in [6.45, 7) is 10.1. The lowest BCUT2D eigenvalue weighted by molar-refractivity contribution is 0.100. The van der Waals surface area contributed by atoms with Crippen LogP contribution < -0.4 is 21.1 Å². The highest BCUT2D eigenvalue weighted by Crippen LogP contribution is 2.33. The molecule has 31 heavy (non-hydrogen) atoms. The van der Waals surface area contributed by atoms with E-state index in [4.69, 9.17) is 16.2 Å². The highest BCUT2D eigenvalue weighted by molar-refractivity contribution is 6.00. The average Bonchev–Trinajstić information content (AvgIpc) is 3.23. The Morgan fingerprint density at radius 3 is 2.68 bits per heavy atom. The molecule has 1 fully saturated rings. The molecule has 0 aromatic carbocycles. The highest BCUT2D eigenvalue weighted by atomic mass is 16.5. The van der Waals surface area contributed by atoms with Crippen LogP contribution in [0.25, 0.3) is 0 Å². The molecule has 0 radical (unpaired) electrons. The third-order valence-electron chi connectivity index (χ3n) is 5.69. The standard InChI is InChI=1S/C22H31N7O2/c1-4-16(5-2)25-21-17(20(24)30)14-29(27-21)22(15-23)10-12-28(13-11-22)18-8-7-9-19(26-18)31-6-3/h4,7-9,14H,1,5-6,10-13,15,23H2,2-3H3,(H2,24,30). The van der Waals surface area contributed by atoms with Gasteiger partial charge in [0, 0.05) is 37.6 Å². The van der Waals surface area contributed by atoms with Gasteiger partial charge in [-0.25, -0.2) is 4.99 Å². The molecule has 1 aliphatic rings. The lowest BCUT2D eigenvalue weighted by atomic mass is 9.87. The van der Waals surface area contributed by atoms with Gasteiger partial charge in [0.1, 0.15) is 11.4 Å². The minimum atomic E-state index is -0.564. The van der Waals surface area contributed by atoms with Crippen molar-refractivity contribution in [2.24, 2.45) is 16.5 Å². The van der Waals surface area contributed by atoms with Crippen molar-refractivity contribution in [3.63, 3.8) is 0 Å². The number of allylic oxidation sites excluding steroid dienone is 1. The fourth-order valence-corrected chi connectivity index (χ4v) is 3.76. The number of rotatable bonds is 9. The Bertz CT molecular complexity index is 959. The van der Waals surface area contributed by atoms with Gasteiger partial charge in [0.15, 0.2) is 5.82 Å². The van der Waals surface area contributed by atoms with Crippen molar-refractivity contribution >= 4 is 23.3 Å². The average molecular weight is 426 g/mol. The number of carbonyl (C=O) groups is 1. The first kappa shape index (κ1) is 22.5. The van der Waals surface area contributed by atoms with E-state index in [-0.39, 0.29) is 5.56 Å². The SMILES string of the molecule is C=CC(CC)=Nc1nn(C2(CN)CCN(c3cccc(OCC)n3)CC2)cc1C(N)=O. The first-order valence-corrected chi connectivity index (χ1v) is 10.6. The van der Waals surface area contributed by atoms with E-state index in [1.807, 2.05) is 32.0 Å². The van der Waals surface area contributed by atoms with Crippen LogP contribution >= 0.6 is 0 Å². The maximum Gasteiger partial charge on any atom is 0.254 e. The molecule has 2 aromatic heterocycles. The van der Waals surface area contributed by atoms with Crippen molar-refractivity contribution in [3.8, 4) is 5.88 Å². The quantitative estimate of drug-likeness (QED) is 0.594. The molecule has 1 saturated heterocycles. The topological polar surface area (TPSA) is 125 Å². The van der Waals surface area contributed by atoms with Crippen LogP contribution in [0.15, 0.2) is 42.0 Å². The van der Waals surface area contributed by atoms with Crippen LogP contribution in [0.5, 0.6) is 5.88 Å². The molecule has 166 valence electrons. The molecule has 1 amide bonds. The summed E-state index contributed by atoms with van der Waals surface area (Å²) in [5.74, 6) is 1.24. The van der Waals surface area contributed by atoms with E-state index in [9.17, 15) is 4.79 Å². The molecule has 0 unspecified atom stereocenters. The highest BCUT2D eigenvalue weighted by Gasteiger charge is 2.37. The normalized spacial score (nSPS) is 16.2. The molecule has 9 heteroatoms. The second-order valence-electron chi connectivity index (χ2n) is 7.52. The number of aromatic nitrogens is 3. The number of ether oxygens (including phenoxy) is 1. The summed E-state index contributed by atoms with van der Waals surface area (Å²) in [5, 5.41) is 4.62. The second kappa shape index (κ2) is 9.74. The predicted octanol–water partition coefficient (Wildman–Crippen LogP) is 2.40. The Hall–Kier alpha value is -3.20. The summed E-state index contributed by atoms with van der Waals surface area (Å²) >= 11 is 0. The summed E-state index contributed by atoms with van der Waals surface area (Å²) in [5.41, 5.74) is 12.4. The van der Waals surface area contributed by atoms with Gasteiger partial charge in [0.05, 0.1) is 12.1 Å². The smallest absolute Gasteiger partial charge is 0.254 e. The molecule has 2 aromatic rings. The van der Waals surface area contributed by atoms with E-state index >= 15 is 0 Å². The van der Waals surface area contributed by atoms with Crippen LogP contribution in [-0.2, 0) is 5.54 Å². The minimum absolute atomic E-state index is 0.286. The molecule has 0 bridgehead atoms. The van der Waals surface area contributed by atoms with E-state index in [0.29, 0.717) is 31.3 Å². The van der Waals surface area contributed by atoms with E-state index in [0.717, 1.165) is 37.5 Å². The third kappa shape index (κ3) is 4.77. The zero-order valence-electron chi connectivity index (χ0n) is 18.3. The van der Waals surface area contributed by atoms with Gasteiger partial charge < -0.3 is 21.1 Å². The number of hydrogen-bond acceptors (Lipinski definition) is 7. The van der Waals surface area contributed by atoms with Gasteiger partial charge >= 0.3 is 0 Å². The van der Waals surface area contributed by atoms with Crippen LogP contribution in [-0.4, -0.2) is 52.6 Å². The van der Waals surface area contributed by atoms with Crippen molar-refractivity contribution in [1.82, 2.24) is 14.8 Å². The van der Waals surface area contributed by atoms with Crippen LogP contribution in [0.1, 0.15) is 43.5 Å². The monoisotopic (exact) mass is 425 g/mol. The number of nitrogens with two attached hydrogens (primary N) is 2. The Balaban J connectivity index is 1.86. The number of hydrogen-bond donors (Lipinski definition) is 2. The number of pyridine rings is 1. The fourth-order valence-electron chi connectivity index (χ4n) is 3.76. The van der Waals surface area contributed by atoms with Crippen molar-refractivity contribution < 1.29 is 9.53 Å². The number of piperidine rings is 1. The molecule has 9 nitrogen and oxygen atoms in total. The minimum Gasteiger partial charge on any atom is -0.478 e. The van der Waals surface area contributed by atoms with Gasteiger partial charge in [0.25, 0.3) is 5.91 Å². The van der Waals surface area contributed by atoms with Crippen molar-refractivity contribution in [2.45, 2.75) is 38.6 Å². The van der Waals surface area contributed by atoms with Crippen molar-refractivity contribution in [1.29, 1.82) is 0 Å². The van der Waals surface area contributed by atoms with Crippen LogP contribution in [0.2, 0.25) is 0 Å². The summed E-state index contributed by atoms with van der Waals surface area (Å²) in [6.07, 6.45) is 5.50. The van der Waals surface area contributed by atoms with Crippen LogP contribution in [0.4, 0.5) is 11.6 Å². The molecule has 3 heterocycles.